The molecule has 1 unspecified atom stereocenters. The third-order valence-electron chi connectivity index (χ3n) is 6.34. The lowest BCUT2D eigenvalue weighted by Gasteiger charge is -2.30. The molecule has 0 fully saturated rings. The molecule has 0 spiro atoms. The number of methoxy groups -OCH3 is 3. The van der Waals surface area contributed by atoms with E-state index < -0.39 is 12.0 Å². The molecule has 7 heteroatoms. The molecule has 1 N–H and O–H groups in total. The molecule has 1 atom stereocenters. The third kappa shape index (κ3) is 5.57. The van der Waals surface area contributed by atoms with Crippen LogP contribution >= 0.6 is 0 Å². The Balaban J connectivity index is 1.49. The summed E-state index contributed by atoms with van der Waals surface area (Å²) in [4.78, 5) is 27.5. The van der Waals surface area contributed by atoms with Crippen molar-refractivity contribution in [3.8, 4) is 11.5 Å². The molecule has 0 saturated heterocycles. The second-order valence-electron chi connectivity index (χ2n) is 8.41. The molecule has 4 rings (SSSR count). The van der Waals surface area contributed by atoms with E-state index in [0.29, 0.717) is 22.6 Å². The van der Waals surface area contributed by atoms with E-state index in [4.69, 9.17) is 14.2 Å². The van der Waals surface area contributed by atoms with Gasteiger partial charge in [-0.1, -0.05) is 30.3 Å². The van der Waals surface area contributed by atoms with Gasteiger partial charge in [0.2, 0.25) is 0 Å². The number of nitrogens with zero attached hydrogens (tertiary/aromatic N) is 1. The fourth-order valence-corrected chi connectivity index (χ4v) is 4.35. The highest BCUT2D eigenvalue weighted by atomic mass is 16.5. The Labute approximate surface area is 205 Å². The average molecular weight is 475 g/mol. The van der Waals surface area contributed by atoms with Crippen LogP contribution in [-0.2, 0) is 22.5 Å². The summed E-state index contributed by atoms with van der Waals surface area (Å²) < 4.78 is 15.5. The summed E-state index contributed by atoms with van der Waals surface area (Å²) in [5, 5.41) is 2.97. The first-order valence-electron chi connectivity index (χ1n) is 11.5. The fourth-order valence-electron chi connectivity index (χ4n) is 4.35. The summed E-state index contributed by atoms with van der Waals surface area (Å²) in [7, 11) is 4.42. The first kappa shape index (κ1) is 24.1. The summed E-state index contributed by atoms with van der Waals surface area (Å²) in [5.41, 5.74) is 5.03. The Hall–Kier alpha value is -4.00. The van der Waals surface area contributed by atoms with E-state index in [9.17, 15) is 9.59 Å². The van der Waals surface area contributed by atoms with Crippen LogP contribution in [0.2, 0.25) is 0 Å². The standard InChI is InChI=1S/C28H30N2O5/c1-33-25-13-10-21(16-26(25)34-2)24(17-27(31)35-3)29-28(32)20-8-11-23(12-9-20)30-15-14-19-6-4-5-7-22(19)18-30/h4-13,16,24H,14-15,17-18H2,1-3H3,(H,29,32). The number of fused-ring (bicyclic) bond motifs is 1. The number of ether oxygens (including phenoxy) is 3. The molecule has 1 amide bonds. The molecular weight excluding hydrogens is 444 g/mol. The Morgan fingerprint density at radius 1 is 0.914 bits per heavy atom. The summed E-state index contributed by atoms with van der Waals surface area (Å²) in [6, 6.07) is 20.8. The van der Waals surface area contributed by atoms with Gasteiger partial charge in [-0.25, -0.2) is 0 Å². The van der Waals surface area contributed by atoms with E-state index in [1.54, 1.807) is 25.3 Å². The van der Waals surface area contributed by atoms with Gasteiger partial charge in [-0.15, -0.1) is 0 Å². The van der Waals surface area contributed by atoms with Crippen molar-refractivity contribution in [2.45, 2.75) is 25.4 Å². The van der Waals surface area contributed by atoms with Crippen LogP contribution in [0.1, 0.15) is 39.5 Å². The second kappa shape index (κ2) is 11.0. The van der Waals surface area contributed by atoms with Gasteiger partial charge in [0.15, 0.2) is 11.5 Å². The van der Waals surface area contributed by atoms with Crippen molar-refractivity contribution in [3.05, 3.63) is 89.0 Å². The van der Waals surface area contributed by atoms with Crippen molar-refractivity contribution in [3.63, 3.8) is 0 Å². The maximum atomic E-state index is 13.1. The van der Waals surface area contributed by atoms with Crippen molar-refractivity contribution in [1.82, 2.24) is 5.32 Å². The summed E-state index contributed by atoms with van der Waals surface area (Å²) in [6.07, 6.45) is 0.988. The molecule has 7 nitrogen and oxygen atoms in total. The lowest BCUT2D eigenvalue weighted by Crippen LogP contribution is -2.31. The molecule has 35 heavy (non-hydrogen) atoms. The molecule has 1 heterocycles. The molecule has 0 aliphatic carbocycles. The highest BCUT2D eigenvalue weighted by Crippen LogP contribution is 2.31. The number of nitrogens with one attached hydrogen (secondary N) is 1. The number of carbonyl (C=O) groups is 2. The number of anilines is 1. The Morgan fingerprint density at radius 2 is 1.63 bits per heavy atom. The third-order valence-corrected chi connectivity index (χ3v) is 6.34. The smallest absolute Gasteiger partial charge is 0.307 e. The lowest BCUT2D eigenvalue weighted by atomic mass is 9.99. The van der Waals surface area contributed by atoms with E-state index >= 15 is 0 Å². The van der Waals surface area contributed by atoms with Crippen molar-refractivity contribution < 1.29 is 23.8 Å². The SMILES string of the molecule is COC(=O)CC(NC(=O)c1ccc(N2CCc3ccccc3C2)cc1)c1ccc(OC)c(OC)c1. The van der Waals surface area contributed by atoms with E-state index in [1.807, 2.05) is 24.3 Å². The van der Waals surface area contributed by atoms with Gasteiger partial charge in [0, 0.05) is 24.3 Å². The molecule has 0 saturated carbocycles. The van der Waals surface area contributed by atoms with E-state index in [2.05, 4.69) is 34.5 Å². The topological polar surface area (TPSA) is 77.1 Å². The summed E-state index contributed by atoms with van der Waals surface area (Å²) >= 11 is 0. The second-order valence-corrected chi connectivity index (χ2v) is 8.41. The maximum Gasteiger partial charge on any atom is 0.307 e. The molecular formula is C28H30N2O5. The monoisotopic (exact) mass is 474 g/mol. The van der Waals surface area contributed by atoms with Crippen LogP contribution in [-0.4, -0.2) is 39.8 Å². The molecule has 0 radical (unpaired) electrons. The van der Waals surface area contributed by atoms with Crippen LogP contribution < -0.4 is 19.7 Å². The Bertz CT molecular complexity index is 1190. The number of hydrogen-bond acceptors (Lipinski definition) is 6. The van der Waals surface area contributed by atoms with Gasteiger partial charge >= 0.3 is 5.97 Å². The van der Waals surface area contributed by atoms with Crippen molar-refractivity contribution in [1.29, 1.82) is 0 Å². The zero-order valence-electron chi connectivity index (χ0n) is 20.2. The van der Waals surface area contributed by atoms with Crippen molar-refractivity contribution in [2.75, 3.05) is 32.8 Å². The zero-order valence-corrected chi connectivity index (χ0v) is 20.2. The number of hydrogen-bond donors (Lipinski definition) is 1. The minimum Gasteiger partial charge on any atom is -0.493 e. The van der Waals surface area contributed by atoms with Crippen LogP contribution in [0.3, 0.4) is 0 Å². The van der Waals surface area contributed by atoms with Crippen LogP contribution in [0.15, 0.2) is 66.7 Å². The Kier molecular flexibility index (Phi) is 7.55. The largest absolute Gasteiger partial charge is 0.493 e. The van der Waals surface area contributed by atoms with Gasteiger partial charge in [0.05, 0.1) is 33.8 Å². The van der Waals surface area contributed by atoms with Gasteiger partial charge in [-0.2, -0.15) is 0 Å². The maximum absolute atomic E-state index is 13.1. The Morgan fingerprint density at radius 3 is 2.31 bits per heavy atom. The average Bonchev–Trinajstić information content (AvgIpc) is 2.91. The van der Waals surface area contributed by atoms with Crippen LogP contribution in [0.25, 0.3) is 0 Å². The van der Waals surface area contributed by atoms with Crippen LogP contribution in [0, 0.1) is 0 Å². The van der Waals surface area contributed by atoms with Crippen LogP contribution in [0.4, 0.5) is 5.69 Å². The first-order chi connectivity index (χ1) is 17.0. The van der Waals surface area contributed by atoms with Crippen molar-refractivity contribution >= 4 is 17.6 Å². The quantitative estimate of drug-likeness (QED) is 0.491. The van der Waals surface area contributed by atoms with Gasteiger partial charge in [0.25, 0.3) is 5.91 Å². The zero-order chi connectivity index (χ0) is 24.8. The molecule has 0 aromatic heterocycles. The minimum atomic E-state index is -0.590. The predicted molar refractivity (Wildman–Crippen MR) is 134 cm³/mol. The number of rotatable bonds is 8. The van der Waals surface area contributed by atoms with Crippen molar-refractivity contribution in [2.24, 2.45) is 0 Å². The molecule has 0 bridgehead atoms. The van der Waals surface area contributed by atoms with Crippen LogP contribution in [0.5, 0.6) is 11.5 Å². The summed E-state index contributed by atoms with van der Waals surface area (Å²) in [5.74, 6) is 0.381. The van der Waals surface area contributed by atoms with Gasteiger partial charge < -0.3 is 24.4 Å². The molecule has 3 aromatic carbocycles. The number of benzene rings is 3. The highest BCUT2D eigenvalue weighted by Gasteiger charge is 2.22. The normalized spacial score (nSPS) is 13.4. The number of esters is 1. The first-order valence-corrected chi connectivity index (χ1v) is 11.5. The van der Waals surface area contributed by atoms with E-state index in [1.165, 1.54) is 25.3 Å². The molecule has 1 aliphatic heterocycles. The van der Waals surface area contributed by atoms with Gasteiger partial charge in [-0.3, -0.25) is 9.59 Å². The van der Waals surface area contributed by atoms with E-state index in [0.717, 1.165) is 25.2 Å². The molecule has 1 aliphatic rings. The molecule has 3 aromatic rings. The number of amides is 1. The lowest BCUT2D eigenvalue weighted by molar-refractivity contribution is -0.141. The van der Waals surface area contributed by atoms with E-state index in [-0.39, 0.29) is 12.3 Å². The fraction of sp³-hybridized carbons (Fsp3) is 0.286. The predicted octanol–water partition coefficient (Wildman–Crippen LogP) is 4.30. The number of carbonyl (C=O) groups excluding carboxylic acids is 2. The van der Waals surface area contributed by atoms with Gasteiger partial charge in [0.1, 0.15) is 0 Å². The molecule has 182 valence electrons. The highest BCUT2D eigenvalue weighted by molar-refractivity contribution is 5.95. The summed E-state index contributed by atoms with van der Waals surface area (Å²) in [6.45, 7) is 1.78. The minimum absolute atomic E-state index is 0.0109. The van der Waals surface area contributed by atoms with Gasteiger partial charge in [-0.05, 0) is 59.5 Å².